The Balaban J connectivity index is 2.41. The minimum absolute atomic E-state index is 0.00468. The lowest BCUT2D eigenvalue weighted by molar-refractivity contribution is -0.153. The molecule has 2 unspecified atom stereocenters. The quantitative estimate of drug-likeness (QED) is 0.606. The first-order chi connectivity index (χ1) is 6.56. The Morgan fingerprint density at radius 2 is 2.29 bits per heavy atom. The van der Waals surface area contributed by atoms with Gasteiger partial charge in [0.1, 0.15) is 6.04 Å². The van der Waals surface area contributed by atoms with Crippen molar-refractivity contribution in [2.75, 3.05) is 34.3 Å². The monoisotopic (exact) mass is 200 g/mol. The van der Waals surface area contributed by atoms with E-state index in [9.17, 15) is 4.79 Å². The number of methoxy groups -OCH3 is 1. The number of carbonyl (C=O) groups excluding carboxylic acids is 1. The predicted octanol–water partition coefficient (Wildman–Crippen LogP) is 0.184. The fourth-order valence-corrected chi connectivity index (χ4v) is 1.96. The van der Waals surface area contributed by atoms with E-state index >= 15 is 0 Å². The van der Waals surface area contributed by atoms with E-state index in [-0.39, 0.29) is 12.0 Å². The van der Waals surface area contributed by atoms with Crippen molar-refractivity contribution < 1.29 is 9.53 Å². The molecule has 0 N–H and O–H groups in total. The van der Waals surface area contributed by atoms with Crippen molar-refractivity contribution in [3.63, 3.8) is 0 Å². The van der Waals surface area contributed by atoms with Crippen LogP contribution < -0.4 is 0 Å². The Morgan fingerprint density at radius 3 is 2.64 bits per heavy atom. The molecule has 2 atom stereocenters. The molecule has 0 aromatic heterocycles. The lowest BCUT2D eigenvalue weighted by Gasteiger charge is -2.43. The highest BCUT2D eigenvalue weighted by Crippen LogP contribution is 2.21. The van der Waals surface area contributed by atoms with Crippen molar-refractivity contribution in [3.8, 4) is 0 Å². The number of hydrogen-bond acceptors (Lipinski definition) is 4. The van der Waals surface area contributed by atoms with Gasteiger partial charge in [0.2, 0.25) is 0 Å². The number of rotatable bonds is 4. The molecule has 1 aliphatic rings. The number of nitrogens with zero attached hydrogens (tertiary/aromatic N) is 2. The molecule has 14 heavy (non-hydrogen) atoms. The average molecular weight is 200 g/mol. The van der Waals surface area contributed by atoms with Gasteiger partial charge in [-0.15, -0.1) is 0 Å². The molecule has 1 heterocycles. The SMILES string of the molecule is COC(=O)C1CCN1C(C)CN(C)C. The van der Waals surface area contributed by atoms with E-state index in [0.29, 0.717) is 6.04 Å². The maximum absolute atomic E-state index is 11.3. The third kappa shape index (κ3) is 2.45. The molecule has 4 nitrogen and oxygen atoms in total. The topological polar surface area (TPSA) is 32.8 Å². The molecule has 0 saturated carbocycles. The van der Waals surface area contributed by atoms with E-state index < -0.39 is 0 Å². The van der Waals surface area contributed by atoms with Crippen LogP contribution in [0.1, 0.15) is 13.3 Å². The molecule has 0 radical (unpaired) electrons. The molecule has 1 aliphatic heterocycles. The molecule has 4 heteroatoms. The Bertz CT molecular complexity index is 206. The van der Waals surface area contributed by atoms with Gasteiger partial charge in [-0.25, -0.2) is 0 Å². The summed E-state index contributed by atoms with van der Waals surface area (Å²) in [4.78, 5) is 15.7. The highest BCUT2D eigenvalue weighted by Gasteiger charge is 2.37. The zero-order valence-corrected chi connectivity index (χ0v) is 9.49. The number of likely N-dealkylation sites (N-methyl/N-ethyl adjacent to an activating group) is 1. The highest BCUT2D eigenvalue weighted by molar-refractivity contribution is 5.76. The molecule has 0 bridgehead atoms. The van der Waals surface area contributed by atoms with Crippen LogP contribution in [0.25, 0.3) is 0 Å². The van der Waals surface area contributed by atoms with Crippen molar-refractivity contribution in [1.29, 1.82) is 0 Å². The lowest BCUT2D eigenvalue weighted by Crippen LogP contribution is -2.58. The summed E-state index contributed by atoms with van der Waals surface area (Å²) in [5.74, 6) is -0.0955. The van der Waals surface area contributed by atoms with Gasteiger partial charge in [0.15, 0.2) is 0 Å². The molecule has 0 aromatic rings. The van der Waals surface area contributed by atoms with Crippen molar-refractivity contribution in [2.45, 2.75) is 25.4 Å². The fraction of sp³-hybridized carbons (Fsp3) is 0.900. The Morgan fingerprint density at radius 1 is 1.64 bits per heavy atom. The predicted molar refractivity (Wildman–Crippen MR) is 55.1 cm³/mol. The maximum Gasteiger partial charge on any atom is 0.323 e. The van der Waals surface area contributed by atoms with Gasteiger partial charge < -0.3 is 9.64 Å². The van der Waals surface area contributed by atoms with Gasteiger partial charge in [0.25, 0.3) is 0 Å². The minimum Gasteiger partial charge on any atom is -0.468 e. The second-order valence-electron chi connectivity index (χ2n) is 4.18. The molecule has 0 aliphatic carbocycles. The first kappa shape index (κ1) is 11.5. The number of ether oxygens (including phenoxy) is 1. The summed E-state index contributed by atoms with van der Waals surface area (Å²) in [5.41, 5.74) is 0. The standard InChI is InChI=1S/C10H20N2O2/c1-8(7-11(2)3)12-6-5-9(12)10(13)14-4/h8-9H,5-7H2,1-4H3. The number of hydrogen-bond donors (Lipinski definition) is 0. The van der Waals surface area contributed by atoms with Crippen LogP contribution >= 0.6 is 0 Å². The fourth-order valence-electron chi connectivity index (χ4n) is 1.96. The van der Waals surface area contributed by atoms with Gasteiger partial charge in [-0.2, -0.15) is 0 Å². The summed E-state index contributed by atoms with van der Waals surface area (Å²) in [6.45, 7) is 4.14. The van der Waals surface area contributed by atoms with Crippen molar-refractivity contribution >= 4 is 5.97 Å². The molecular weight excluding hydrogens is 180 g/mol. The summed E-state index contributed by atoms with van der Waals surface area (Å²) in [7, 11) is 5.54. The zero-order valence-electron chi connectivity index (χ0n) is 9.49. The van der Waals surface area contributed by atoms with Gasteiger partial charge in [0, 0.05) is 19.1 Å². The smallest absolute Gasteiger partial charge is 0.323 e. The van der Waals surface area contributed by atoms with Gasteiger partial charge >= 0.3 is 5.97 Å². The summed E-state index contributed by atoms with van der Waals surface area (Å²) in [6.07, 6.45) is 0.935. The summed E-state index contributed by atoms with van der Waals surface area (Å²) < 4.78 is 4.75. The molecule has 0 aromatic carbocycles. The normalized spacial score (nSPS) is 24.5. The first-order valence-electron chi connectivity index (χ1n) is 5.04. The highest BCUT2D eigenvalue weighted by atomic mass is 16.5. The molecule has 0 spiro atoms. The lowest BCUT2D eigenvalue weighted by atomic mass is 10.0. The van der Waals surface area contributed by atoms with Gasteiger partial charge in [-0.1, -0.05) is 0 Å². The van der Waals surface area contributed by atoms with Crippen molar-refractivity contribution in [2.24, 2.45) is 0 Å². The molecule has 1 rings (SSSR count). The van der Waals surface area contributed by atoms with Gasteiger partial charge in [-0.3, -0.25) is 9.69 Å². The number of carbonyl (C=O) groups is 1. The Labute approximate surface area is 85.8 Å². The Hall–Kier alpha value is -0.610. The average Bonchev–Trinajstić information content (AvgIpc) is 2.00. The molecule has 1 fully saturated rings. The number of esters is 1. The van der Waals surface area contributed by atoms with Crippen molar-refractivity contribution in [1.82, 2.24) is 9.80 Å². The molecule has 1 saturated heterocycles. The summed E-state index contributed by atoms with van der Waals surface area (Å²) in [5, 5.41) is 0. The third-order valence-corrected chi connectivity index (χ3v) is 2.73. The summed E-state index contributed by atoms with van der Waals surface area (Å²) in [6, 6.07) is 0.415. The van der Waals surface area contributed by atoms with Crippen LogP contribution in [0.15, 0.2) is 0 Å². The van der Waals surface area contributed by atoms with Crippen LogP contribution in [-0.4, -0.2) is 62.1 Å². The van der Waals surface area contributed by atoms with Crippen LogP contribution in [0.2, 0.25) is 0 Å². The van der Waals surface area contributed by atoms with Gasteiger partial charge in [0.05, 0.1) is 7.11 Å². The van der Waals surface area contributed by atoms with E-state index in [1.807, 2.05) is 14.1 Å². The molecule has 0 amide bonds. The van der Waals surface area contributed by atoms with E-state index in [1.54, 1.807) is 0 Å². The maximum atomic E-state index is 11.3. The van der Waals surface area contributed by atoms with E-state index in [0.717, 1.165) is 19.5 Å². The van der Waals surface area contributed by atoms with E-state index in [1.165, 1.54) is 7.11 Å². The minimum atomic E-state index is -0.0955. The second kappa shape index (κ2) is 4.75. The van der Waals surface area contributed by atoms with Crippen LogP contribution in [0, 0.1) is 0 Å². The van der Waals surface area contributed by atoms with E-state index in [2.05, 4.69) is 16.7 Å². The zero-order chi connectivity index (χ0) is 10.7. The van der Waals surface area contributed by atoms with Crippen LogP contribution in [0.4, 0.5) is 0 Å². The van der Waals surface area contributed by atoms with Crippen LogP contribution in [-0.2, 0) is 9.53 Å². The number of likely N-dealkylation sites (tertiary alicyclic amines) is 1. The Kier molecular flexibility index (Phi) is 3.89. The van der Waals surface area contributed by atoms with Crippen LogP contribution in [0.5, 0.6) is 0 Å². The summed E-state index contributed by atoms with van der Waals surface area (Å²) >= 11 is 0. The first-order valence-corrected chi connectivity index (χ1v) is 5.04. The van der Waals surface area contributed by atoms with Gasteiger partial charge in [-0.05, 0) is 27.4 Å². The third-order valence-electron chi connectivity index (χ3n) is 2.73. The molecule has 82 valence electrons. The van der Waals surface area contributed by atoms with Crippen molar-refractivity contribution in [3.05, 3.63) is 0 Å². The van der Waals surface area contributed by atoms with E-state index in [4.69, 9.17) is 4.74 Å². The van der Waals surface area contributed by atoms with Crippen LogP contribution in [0.3, 0.4) is 0 Å². The molecular formula is C10H20N2O2. The second-order valence-corrected chi connectivity index (χ2v) is 4.18. The largest absolute Gasteiger partial charge is 0.468 e.